The first-order valence-corrected chi connectivity index (χ1v) is 12.3. The predicted octanol–water partition coefficient (Wildman–Crippen LogP) is -2.86. The number of β-lactam (4-membered cyclic amide) rings is 1. The molecule has 0 saturated carbocycles. The number of thioether (sulfide) groups is 1. The topological polar surface area (TPSA) is 102 Å². The Morgan fingerprint density at radius 2 is 2.15 bits per heavy atom. The number of aromatic nitrogens is 2. The van der Waals surface area contributed by atoms with Gasteiger partial charge in [0.2, 0.25) is 5.91 Å². The van der Waals surface area contributed by atoms with Gasteiger partial charge in [-0.2, -0.15) is 0 Å². The molecule has 1 amide bonds. The molecule has 1 aromatic rings. The zero-order valence-corrected chi connectivity index (χ0v) is 20.7. The maximum absolute atomic E-state index is 12.5. The molecule has 0 bridgehead atoms. The summed E-state index contributed by atoms with van der Waals surface area (Å²) in [7, 11) is 2.07. The number of hydrogen-bond donors (Lipinski definition) is 3. The molecule has 11 heteroatoms. The Morgan fingerprint density at radius 1 is 1.39 bits per heavy atom. The van der Waals surface area contributed by atoms with E-state index in [1.54, 1.807) is 18.7 Å². The number of nitrogens with one attached hydrogen (secondary N) is 1. The van der Waals surface area contributed by atoms with E-state index in [9.17, 15) is 19.8 Å². The largest absolute Gasteiger partial charge is 1.00 e. The summed E-state index contributed by atoms with van der Waals surface area (Å²) in [5.41, 5.74) is 0.128. The van der Waals surface area contributed by atoms with Crippen LogP contribution >= 0.6 is 11.8 Å². The molecule has 0 aromatic carbocycles. The Hall–Kier alpha value is -1.75. The second-order valence-corrected chi connectivity index (χ2v) is 10.8. The predicted molar refractivity (Wildman–Crippen MR) is 120 cm³/mol. The van der Waals surface area contributed by atoms with Gasteiger partial charge in [0.25, 0.3) is 0 Å². The summed E-state index contributed by atoms with van der Waals surface area (Å²) in [5.74, 6) is -0.619. The number of carbonyl (C=O) groups excluding carboxylic acids is 1. The van der Waals surface area contributed by atoms with Crippen molar-refractivity contribution in [3.05, 3.63) is 22.9 Å². The summed E-state index contributed by atoms with van der Waals surface area (Å²) >= 11 is 1.62. The third-order valence-corrected chi connectivity index (χ3v) is 9.04. The minimum absolute atomic E-state index is 0. The van der Waals surface area contributed by atoms with Crippen molar-refractivity contribution in [3.63, 3.8) is 0 Å². The second kappa shape index (κ2) is 9.13. The first kappa shape index (κ1) is 24.4. The van der Waals surface area contributed by atoms with Crippen molar-refractivity contribution in [3.8, 4) is 0 Å². The lowest BCUT2D eigenvalue weighted by molar-refractivity contribution is -0.751. The Bertz CT molecular complexity index is 982. The Balaban J connectivity index is 0.00000259. The van der Waals surface area contributed by atoms with Gasteiger partial charge >= 0.3 is 5.97 Å². The van der Waals surface area contributed by atoms with Gasteiger partial charge in [-0.15, -0.1) is 21.1 Å². The standard InChI is InChI=1S/C22H31N5O4S.ClH/c1-12-18-17(13(2)28)21(29)27(18)19(22(30)31)20(12)32-15-10-14(23-11-15)4-7-25-8-9-26-16(25)5-6-24(26)3;/h5-6,12-15,17-18,23,28H,4,7-11H2,1-3H3;1H/t12-,13-,14-,15+,17-,18-;/m1./s1. The van der Waals surface area contributed by atoms with Gasteiger partial charge in [-0.3, -0.25) is 4.79 Å². The zero-order chi connectivity index (χ0) is 22.7. The van der Waals surface area contributed by atoms with Crippen molar-refractivity contribution in [2.75, 3.05) is 24.5 Å². The molecule has 0 aliphatic carbocycles. The van der Waals surface area contributed by atoms with Gasteiger partial charge < -0.3 is 37.7 Å². The van der Waals surface area contributed by atoms with Gasteiger partial charge in [0.15, 0.2) is 19.1 Å². The third kappa shape index (κ3) is 3.94. The van der Waals surface area contributed by atoms with E-state index < -0.39 is 18.0 Å². The molecule has 2 saturated heterocycles. The summed E-state index contributed by atoms with van der Waals surface area (Å²) in [6.45, 7) is 7.49. The highest BCUT2D eigenvalue weighted by Gasteiger charge is 2.60. The lowest BCUT2D eigenvalue weighted by atomic mass is 9.79. The quantitative estimate of drug-likeness (QED) is 0.275. The summed E-state index contributed by atoms with van der Waals surface area (Å²) in [5, 5.41) is 23.7. The van der Waals surface area contributed by atoms with E-state index in [1.807, 2.05) is 6.92 Å². The number of carboxylic acid groups (broad SMARTS) is 1. The van der Waals surface area contributed by atoms with Crippen LogP contribution in [0.2, 0.25) is 0 Å². The lowest BCUT2D eigenvalue weighted by Crippen LogP contribution is -3.00. The Kier molecular flexibility index (Phi) is 6.74. The molecule has 182 valence electrons. The highest BCUT2D eigenvalue weighted by atomic mass is 35.5. The van der Waals surface area contributed by atoms with Crippen molar-refractivity contribution in [1.82, 2.24) is 14.9 Å². The van der Waals surface area contributed by atoms with Gasteiger partial charge in [0.05, 0.1) is 30.7 Å². The number of aliphatic hydroxyl groups is 1. The number of aliphatic carboxylic acids is 1. The van der Waals surface area contributed by atoms with E-state index in [0.29, 0.717) is 6.04 Å². The number of halogens is 1. The molecule has 4 aliphatic rings. The Morgan fingerprint density at radius 3 is 2.85 bits per heavy atom. The normalized spacial score (nSPS) is 31.4. The number of rotatable bonds is 7. The SMILES string of the molecule is C[C@@H](O)[C@H]1C(=O)N2C(C(=O)O)=C(S[C@@H]3CN[C@H](CCN4CCn5c4cc[n+]5C)C3)[C@H](C)[C@H]12.[Cl-]. The molecule has 0 spiro atoms. The molecule has 6 atom stereocenters. The first-order valence-electron chi connectivity index (χ1n) is 11.5. The van der Waals surface area contributed by atoms with Crippen molar-refractivity contribution in [2.24, 2.45) is 18.9 Å². The smallest absolute Gasteiger partial charge is 0.353 e. The zero-order valence-electron chi connectivity index (χ0n) is 19.1. The van der Waals surface area contributed by atoms with Crippen LogP contribution in [-0.4, -0.2) is 74.7 Å². The molecule has 5 heterocycles. The fourth-order valence-corrected chi connectivity index (χ4v) is 7.38. The highest BCUT2D eigenvalue weighted by Crippen LogP contribution is 2.51. The lowest BCUT2D eigenvalue weighted by Gasteiger charge is -2.46. The number of fused-ring (bicyclic) bond motifs is 2. The van der Waals surface area contributed by atoms with Crippen molar-refractivity contribution in [1.29, 1.82) is 0 Å². The number of carbonyl (C=O) groups is 2. The number of nitrogens with zero attached hydrogens (tertiary/aromatic N) is 4. The molecule has 5 rings (SSSR count). The molecule has 3 N–H and O–H groups in total. The van der Waals surface area contributed by atoms with Crippen molar-refractivity contribution < 1.29 is 36.9 Å². The van der Waals surface area contributed by atoms with Gasteiger partial charge in [-0.1, -0.05) is 6.92 Å². The van der Waals surface area contributed by atoms with E-state index in [0.717, 1.165) is 43.9 Å². The van der Waals surface area contributed by atoms with E-state index in [2.05, 4.69) is 38.9 Å². The summed E-state index contributed by atoms with van der Waals surface area (Å²) < 4.78 is 4.41. The fourth-order valence-electron chi connectivity index (χ4n) is 5.86. The third-order valence-electron chi connectivity index (χ3n) is 7.52. The van der Waals surface area contributed by atoms with Crippen LogP contribution in [0.5, 0.6) is 0 Å². The highest BCUT2D eigenvalue weighted by molar-refractivity contribution is 8.03. The molecule has 33 heavy (non-hydrogen) atoms. The van der Waals surface area contributed by atoms with Crippen LogP contribution in [0.3, 0.4) is 0 Å². The van der Waals surface area contributed by atoms with Crippen molar-refractivity contribution >= 4 is 29.5 Å². The molecule has 4 aliphatic heterocycles. The number of amides is 1. The summed E-state index contributed by atoms with van der Waals surface area (Å²) in [6.07, 6.45) is 3.35. The van der Waals surface area contributed by atoms with Crippen LogP contribution in [0.1, 0.15) is 26.7 Å². The number of aliphatic hydroxyl groups excluding tert-OH is 1. The van der Waals surface area contributed by atoms with E-state index in [-0.39, 0.29) is 41.2 Å². The van der Waals surface area contributed by atoms with Gasteiger partial charge in [-0.05, 0) is 19.8 Å². The van der Waals surface area contributed by atoms with Crippen LogP contribution in [0.15, 0.2) is 22.9 Å². The molecule has 0 unspecified atom stereocenters. The Labute approximate surface area is 204 Å². The van der Waals surface area contributed by atoms with Crippen LogP contribution in [0, 0.1) is 11.8 Å². The summed E-state index contributed by atoms with van der Waals surface area (Å²) in [4.78, 5) is 29.2. The van der Waals surface area contributed by atoms with Crippen LogP contribution in [0.25, 0.3) is 0 Å². The maximum atomic E-state index is 12.5. The van der Waals surface area contributed by atoms with Crippen LogP contribution in [-0.2, 0) is 23.2 Å². The van der Waals surface area contributed by atoms with Gasteiger partial charge in [0, 0.05) is 41.7 Å². The second-order valence-electron chi connectivity index (χ2n) is 9.50. The number of hydrogen-bond acceptors (Lipinski definition) is 6. The van der Waals surface area contributed by atoms with Gasteiger partial charge in [-0.25, -0.2) is 4.79 Å². The summed E-state index contributed by atoms with van der Waals surface area (Å²) in [6, 6.07) is 2.33. The molecule has 0 radical (unpaired) electrons. The van der Waals surface area contributed by atoms with E-state index >= 15 is 0 Å². The average molecular weight is 498 g/mol. The average Bonchev–Trinajstić information content (AvgIpc) is 3.47. The van der Waals surface area contributed by atoms with E-state index in [1.165, 1.54) is 10.7 Å². The molecule has 9 nitrogen and oxygen atoms in total. The molecular formula is C22H32ClN5O4S. The van der Waals surface area contributed by atoms with Gasteiger partial charge in [0.1, 0.15) is 5.70 Å². The fraction of sp³-hybridized carbons (Fsp3) is 0.682. The minimum atomic E-state index is -1.05. The number of carboxylic acids is 1. The molecule has 1 aromatic heterocycles. The first-order chi connectivity index (χ1) is 15.3. The molecule has 2 fully saturated rings. The van der Waals surface area contributed by atoms with E-state index in [4.69, 9.17) is 0 Å². The minimum Gasteiger partial charge on any atom is -1.00 e. The number of anilines is 1. The maximum Gasteiger partial charge on any atom is 0.353 e. The van der Waals surface area contributed by atoms with Crippen LogP contribution < -0.4 is 27.3 Å². The van der Waals surface area contributed by atoms with Crippen molar-refractivity contribution in [2.45, 2.75) is 56.7 Å². The molecular weight excluding hydrogens is 466 g/mol. The monoisotopic (exact) mass is 497 g/mol. The number of aryl methyl sites for hydroxylation is 1. The van der Waals surface area contributed by atoms with Crippen LogP contribution in [0.4, 0.5) is 5.82 Å².